The maximum Gasteiger partial charge on any atom is 0.435 e. The molecule has 1 heterocycles. The third-order valence-electron chi connectivity index (χ3n) is 2.18. The fourth-order valence-electron chi connectivity index (χ4n) is 1.53. The summed E-state index contributed by atoms with van der Waals surface area (Å²) >= 11 is 5.57. The Morgan fingerprint density at radius 1 is 1.44 bits per heavy atom. The van der Waals surface area contributed by atoms with Crippen LogP contribution < -0.4 is 0 Å². The summed E-state index contributed by atoms with van der Waals surface area (Å²) < 4.78 is 8.31. The van der Waals surface area contributed by atoms with E-state index in [0.29, 0.717) is 0 Å². The molecular weight excluding hydrogens is 411 g/mol. The first-order valence-electron chi connectivity index (χ1n) is 5.36. The second-order valence-electron chi connectivity index (χ2n) is 4.82. The quantitative estimate of drug-likeness (QED) is 0.598. The highest BCUT2D eigenvalue weighted by Crippen LogP contribution is 2.28. The Kier molecular flexibility index (Phi) is 3.68. The Bertz CT molecular complexity index is 616. The monoisotopic (exact) mass is 422 g/mol. The summed E-state index contributed by atoms with van der Waals surface area (Å²) in [4.78, 5) is 12.1. The van der Waals surface area contributed by atoms with Crippen molar-refractivity contribution < 1.29 is 9.53 Å². The topological polar surface area (TPSA) is 44.1 Å². The fraction of sp³-hybridized carbons (Fsp3) is 0.333. The van der Waals surface area contributed by atoms with E-state index in [9.17, 15) is 4.79 Å². The molecule has 1 aromatic carbocycles. The molecular formula is C12H12BrIN2O2. The van der Waals surface area contributed by atoms with Gasteiger partial charge in [0.1, 0.15) is 9.30 Å². The zero-order valence-electron chi connectivity index (χ0n) is 10.2. The van der Waals surface area contributed by atoms with Crippen LogP contribution in [0.5, 0.6) is 0 Å². The molecule has 0 aliphatic carbocycles. The van der Waals surface area contributed by atoms with Gasteiger partial charge in [-0.15, -0.1) is 0 Å². The van der Waals surface area contributed by atoms with Gasteiger partial charge in [0.2, 0.25) is 0 Å². The van der Waals surface area contributed by atoms with Crippen LogP contribution in [-0.4, -0.2) is 21.5 Å². The molecule has 0 N–H and O–H groups in total. The smallest absolute Gasteiger partial charge is 0.435 e. The van der Waals surface area contributed by atoms with Gasteiger partial charge in [0.05, 0.1) is 5.52 Å². The Morgan fingerprint density at radius 3 is 2.72 bits per heavy atom. The van der Waals surface area contributed by atoms with Crippen molar-refractivity contribution in [2.45, 2.75) is 26.4 Å². The van der Waals surface area contributed by atoms with Crippen LogP contribution in [0.25, 0.3) is 10.9 Å². The molecule has 6 heteroatoms. The van der Waals surface area contributed by atoms with Gasteiger partial charge in [0.25, 0.3) is 0 Å². The summed E-state index contributed by atoms with van der Waals surface area (Å²) in [6.45, 7) is 5.49. The van der Waals surface area contributed by atoms with E-state index in [-0.39, 0.29) is 0 Å². The van der Waals surface area contributed by atoms with Gasteiger partial charge in [-0.3, -0.25) is 0 Å². The highest BCUT2D eigenvalue weighted by atomic mass is 127. The number of carbonyl (C=O) groups excluding carboxylic acids is 1. The van der Waals surface area contributed by atoms with Crippen molar-refractivity contribution in [2.75, 3.05) is 0 Å². The minimum absolute atomic E-state index is 0.464. The minimum atomic E-state index is -0.535. The molecule has 2 rings (SSSR count). The molecule has 0 saturated heterocycles. The van der Waals surface area contributed by atoms with E-state index < -0.39 is 11.7 Å². The average Bonchev–Trinajstić information content (AvgIpc) is 2.55. The number of nitrogens with zero attached hydrogens (tertiary/aromatic N) is 2. The van der Waals surface area contributed by atoms with Gasteiger partial charge in [0.15, 0.2) is 0 Å². The molecule has 0 aliphatic heterocycles. The molecule has 0 amide bonds. The molecule has 0 bridgehead atoms. The van der Waals surface area contributed by atoms with Gasteiger partial charge in [-0.1, -0.05) is 6.07 Å². The normalized spacial score (nSPS) is 11.8. The molecule has 0 saturated carbocycles. The maximum atomic E-state index is 12.1. The summed E-state index contributed by atoms with van der Waals surface area (Å²) in [6, 6.07) is 5.63. The number of hydrogen-bond acceptors (Lipinski definition) is 3. The first kappa shape index (κ1) is 13.8. The number of ether oxygens (including phenoxy) is 1. The Morgan fingerprint density at radius 2 is 2.11 bits per heavy atom. The standard InChI is InChI=1S/C12H12BrIN2O2/c1-12(2,3)18-11(17)16-8-6-4-5-7(13)9(8)10(14)15-16/h4-6H,1-3H3. The van der Waals surface area contributed by atoms with Crippen molar-refractivity contribution in [2.24, 2.45) is 0 Å². The number of aromatic nitrogens is 2. The lowest BCUT2D eigenvalue weighted by molar-refractivity contribution is 0.0522. The number of benzene rings is 1. The third kappa shape index (κ3) is 2.69. The van der Waals surface area contributed by atoms with E-state index in [1.165, 1.54) is 4.68 Å². The molecule has 96 valence electrons. The van der Waals surface area contributed by atoms with Crippen LogP contribution in [0.1, 0.15) is 20.8 Å². The molecule has 0 fully saturated rings. The summed E-state index contributed by atoms with van der Waals surface area (Å²) in [5.74, 6) is 0. The molecule has 2 aromatic rings. The fourth-order valence-corrected chi connectivity index (χ4v) is 3.23. The SMILES string of the molecule is CC(C)(C)OC(=O)n1nc(I)c2c(Br)cccc21. The molecule has 0 atom stereocenters. The number of carbonyl (C=O) groups is 1. The number of rotatable bonds is 0. The van der Waals surface area contributed by atoms with E-state index in [1.54, 1.807) is 0 Å². The van der Waals surface area contributed by atoms with Crippen LogP contribution in [0.2, 0.25) is 0 Å². The predicted octanol–water partition coefficient (Wildman–Crippen LogP) is 4.19. The van der Waals surface area contributed by atoms with Gasteiger partial charge >= 0.3 is 6.09 Å². The Labute approximate surface area is 127 Å². The van der Waals surface area contributed by atoms with Crippen LogP contribution in [-0.2, 0) is 4.74 Å². The van der Waals surface area contributed by atoms with Gasteiger partial charge < -0.3 is 4.74 Å². The lowest BCUT2D eigenvalue weighted by atomic mass is 10.2. The first-order valence-corrected chi connectivity index (χ1v) is 7.23. The van der Waals surface area contributed by atoms with Crippen molar-refractivity contribution in [1.82, 2.24) is 9.78 Å². The summed E-state index contributed by atoms with van der Waals surface area (Å²) in [5.41, 5.74) is 0.204. The molecule has 0 unspecified atom stereocenters. The van der Waals surface area contributed by atoms with Crippen molar-refractivity contribution in [3.8, 4) is 0 Å². The van der Waals surface area contributed by atoms with Crippen LogP contribution in [0.15, 0.2) is 22.7 Å². The molecule has 4 nitrogen and oxygen atoms in total. The molecule has 1 aromatic heterocycles. The molecule has 0 radical (unpaired) electrons. The van der Waals surface area contributed by atoms with E-state index >= 15 is 0 Å². The van der Waals surface area contributed by atoms with Gasteiger partial charge in [-0.2, -0.15) is 9.78 Å². The number of fused-ring (bicyclic) bond motifs is 1. The second kappa shape index (κ2) is 4.80. The third-order valence-corrected chi connectivity index (χ3v) is 3.60. The minimum Gasteiger partial charge on any atom is -0.442 e. The van der Waals surface area contributed by atoms with E-state index in [0.717, 1.165) is 19.1 Å². The average molecular weight is 423 g/mol. The lowest BCUT2D eigenvalue weighted by Crippen LogP contribution is -2.27. The summed E-state index contributed by atoms with van der Waals surface area (Å²) in [7, 11) is 0. The summed E-state index contributed by atoms with van der Waals surface area (Å²) in [6.07, 6.45) is -0.464. The van der Waals surface area contributed by atoms with Crippen LogP contribution in [0, 0.1) is 3.70 Å². The zero-order chi connectivity index (χ0) is 13.5. The van der Waals surface area contributed by atoms with E-state index in [4.69, 9.17) is 4.74 Å². The number of hydrogen-bond donors (Lipinski definition) is 0. The number of halogens is 2. The lowest BCUT2D eigenvalue weighted by Gasteiger charge is -2.19. The molecule has 0 aliphatic rings. The van der Waals surface area contributed by atoms with Crippen LogP contribution >= 0.6 is 38.5 Å². The largest absolute Gasteiger partial charge is 0.442 e. The van der Waals surface area contributed by atoms with Crippen molar-refractivity contribution in [3.05, 3.63) is 26.4 Å². The van der Waals surface area contributed by atoms with Crippen molar-refractivity contribution in [1.29, 1.82) is 0 Å². The van der Waals surface area contributed by atoms with Crippen molar-refractivity contribution >= 4 is 55.5 Å². The molecule has 0 spiro atoms. The van der Waals surface area contributed by atoms with Gasteiger partial charge in [-0.25, -0.2) is 4.79 Å². The van der Waals surface area contributed by atoms with Gasteiger partial charge in [-0.05, 0) is 71.4 Å². The second-order valence-corrected chi connectivity index (χ2v) is 6.69. The van der Waals surface area contributed by atoms with E-state index in [1.807, 2.05) is 39.0 Å². The Hall–Kier alpha value is -0.630. The van der Waals surface area contributed by atoms with E-state index in [2.05, 4.69) is 43.6 Å². The van der Waals surface area contributed by atoms with Crippen LogP contribution in [0.4, 0.5) is 4.79 Å². The van der Waals surface area contributed by atoms with Crippen LogP contribution in [0.3, 0.4) is 0 Å². The Balaban J connectivity index is 2.53. The summed E-state index contributed by atoms with van der Waals surface area (Å²) in [5, 5.41) is 5.15. The maximum absolute atomic E-state index is 12.1. The van der Waals surface area contributed by atoms with Crippen molar-refractivity contribution in [3.63, 3.8) is 0 Å². The zero-order valence-corrected chi connectivity index (χ0v) is 13.9. The molecule has 18 heavy (non-hydrogen) atoms. The highest BCUT2D eigenvalue weighted by Gasteiger charge is 2.22. The van der Waals surface area contributed by atoms with Gasteiger partial charge in [0, 0.05) is 9.86 Å². The first-order chi connectivity index (χ1) is 8.29. The highest BCUT2D eigenvalue weighted by molar-refractivity contribution is 14.1. The predicted molar refractivity (Wildman–Crippen MR) is 81.8 cm³/mol.